The average molecular weight is 281 g/mol. The highest BCUT2D eigenvalue weighted by Gasteiger charge is 2.28. The summed E-state index contributed by atoms with van der Waals surface area (Å²) >= 11 is 0. The summed E-state index contributed by atoms with van der Waals surface area (Å²) in [5.41, 5.74) is 0.787. The van der Waals surface area contributed by atoms with Crippen molar-refractivity contribution in [2.45, 2.75) is 33.2 Å². The number of hydrogen-bond donors (Lipinski definition) is 2. The van der Waals surface area contributed by atoms with Gasteiger partial charge in [-0.05, 0) is 32.6 Å². The molecule has 2 N–H and O–H groups in total. The van der Waals surface area contributed by atoms with Gasteiger partial charge >= 0.3 is 12.0 Å². The molecular weight excluding hydrogens is 262 g/mol. The third-order valence-electron chi connectivity index (χ3n) is 3.25. The Bertz CT molecular complexity index is 488. The number of aromatic nitrogens is 1. The molecule has 7 heteroatoms. The van der Waals surface area contributed by atoms with Crippen molar-refractivity contribution in [2.75, 3.05) is 13.1 Å². The van der Waals surface area contributed by atoms with Crippen molar-refractivity contribution in [1.29, 1.82) is 0 Å². The van der Waals surface area contributed by atoms with Gasteiger partial charge in [-0.15, -0.1) is 0 Å². The number of aliphatic carboxylic acids is 1. The number of carboxylic acids is 1. The van der Waals surface area contributed by atoms with E-state index in [1.165, 1.54) is 4.90 Å². The minimum Gasteiger partial charge on any atom is -0.480 e. The monoisotopic (exact) mass is 281 g/mol. The van der Waals surface area contributed by atoms with Crippen LogP contribution in [-0.4, -0.2) is 40.1 Å². The number of amides is 2. The van der Waals surface area contributed by atoms with E-state index in [9.17, 15) is 9.59 Å². The smallest absolute Gasteiger partial charge is 0.323 e. The molecule has 1 heterocycles. The Kier molecular flexibility index (Phi) is 4.26. The molecular formula is C13H19N3O4. The quantitative estimate of drug-likeness (QED) is 0.819. The lowest BCUT2D eigenvalue weighted by molar-refractivity contribution is -0.137. The Morgan fingerprint density at radius 3 is 2.65 bits per heavy atom. The predicted octanol–water partition coefficient (Wildman–Crippen LogP) is 1.30. The lowest BCUT2D eigenvalue weighted by Gasteiger charge is -2.20. The maximum atomic E-state index is 12.0. The minimum atomic E-state index is -1.01. The SMILES string of the molecule is Cc1nc(CNC(=O)N(CC(=O)O)CC2CC2)oc1C. The lowest BCUT2D eigenvalue weighted by Crippen LogP contribution is -2.43. The molecule has 1 aromatic rings. The van der Waals surface area contributed by atoms with Gasteiger partial charge in [0, 0.05) is 6.54 Å². The van der Waals surface area contributed by atoms with E-state index >= 15 is 0 Å². The standard InChI is InChI=1S/C13H19N3O4/c1-8-9(2)20-11(15-8)5-14-13(19)16(7-12(17)18)6-10-3-4-10/h10H,3-7H2,1-2H3,(H,14,19)(H,17,18). The molecule has 1 aromatic heterocycles. The molecule has 7 nitrogen and oxygen atoms in total. The number of urea groups is 1. The first-order chi connectivity index (χ1) is 9.45. The lowest BCUT2D eigenvalue weighted by atomic mass is 10.3. The first-order valence-electron chi connectivity index (χ1n) is 6.63. The van der Waals surface area contributed by atoms with Crippen molar-refractivity contribution < 1.29 is 19.1 Å². The van der Waals surface area contributed by atoms with Crippen molar-refractivity contribution in [3.63, 3.8) is 0 Å². The maximum absolute atomic E-state index is 12.0. The van der Waals surface area contributed by atoms with Gasteiger partial charge in [0.05, 0.1) is 12.2 Å². The molecule has 110 valence electrons. The summed E-state index contributed by atoms with van der Waals surface area (Å²) in [7, 11) is 0. The van der Waals surface area contributed by atoms with E-state index in [0.29, 0.717) is 18.4 Å². The molecule has 0 bridgehead atoms. The number of hydrogen-bond acceptors (Lipinski definition) is 4. The van der Waals surface area contributed by atoms with E-state index < -0.39 is 12.0 Å². The highest BCUT2D eigenvalue weighted by molar-refractivity contribution is 5.80. The molecule has 0 radical (unpaired) electrons. The molecule has 2 rings (SSSR count). The van der Waals surface area contributed by atoms with Crippen LogP contribution in [0.15, 0.2) is 4.42 Å². The summed E-state index contributed by atoms with van der Waals surface area (Å²) in [5.74, 6) is 0.569. The van der Waals surface area contributed by atoms with Crippen LogP contribution in [0.4, 0.5) is 4.79 Å². The van der Waals surface area contributed by atoms with Crippen molar-refractivity contribution in [3.8, 4) is 0 Å². The third-order valence-corrected chi connectivity index (χ3v) is 3.25. The van der Waals surface area contributed by atoms with Gasteiger partial charge in [0.2, 0.25) is 5.89 Å². The first kappa shape index (κ1) is 14.4. The number of carboxylic acid groups (broad SMARTS) is 1. The zero-order chi connectivity index (χ0) is 14.7. The molecule has 0 saturated heterocycles. The van der Waals surface area contributed by atoms with Gasteiger partial charge in [-0.2, -0.15) is 0 Å². The highest BCUT2D eigenvalue weighted by Crippen LogP contribution is 2.29. The van der Waals surface area contributed by atoms with Crippen molar-refractivity contribution >= 4 is 12.0 Å². The van der Waals surface area contributed by atoms with Gasteiger partial charge in [-0.1, -0.05) is 0 Å². The predicted molar refractivity (Wildman–Crippen MR) is 70.1 cm³/mol. The number of nitrogens with zero attached hydrogens (tertiary/aromatic N) is 2. The molecule has 1 saturated carbocycles. The fraction of sp³-hybridized carbons (Fsp3) is 0.615. The Balaban J connectivity index is 1.88. The van der Waals surface area contributed by atoms with E-state index in [-0.39, 0.29) is 13.1 Å². The van der Waals surface area contributed by atoms with Crippen molar-refractivity contribution in [3.05, 3.63) is 17.3 Å². The zero-order valence-electron chi connectivity index (χ0n) is 11.7. The number of aryl methyl sites for hydroxylation is 2. The summed E-state index contributed by atoms with van der Waals surface area (Å²) in [6, 6.07) is -0.396. The second-order valence-corrected chi connectivity index (χ2v) is 5.13. The van der Waals surface area contributed by atoms with E-state index in [1.54, 1.807) is 6.92 Å². The Morgan fingerprint density at radius 2 is 2.15 bits per heavy atom. The van der Waals surface area contributed by atoms with Gasteiger partial charge in [0.25, 0.3) is 0 Å². The van der Waals surface area contributed by atoms with Crippen molar-refractivity contribution in [2.24, 2.45) is 5.92 Å². The van der Waals surface area contributed by atoms with Crippen LogP contribution in [0.2, 0.25) is 0 Å². The maximum Gasteiger partial charge on any atom is 0.323 e. The van der Waals surface area contributed by atoms with Crippen LogP contribution < -0.4 is 5.32 Å². The first-order valence-corrected chi connectivity index (χ1v) is 6.63. The van der Waals surface area contributed by atoms with Crippen molar-refractivity contribution in [1.82, 2.24) is 15.2 Å². The second kappa shape index (κ2) is 5.94. The van der Waals surface area contributed by atoms with Gasteiger partial charge in [0.1, 0.15) is 12.3 Å². The van der Waals surface area contributed by atoms with Crippen LogP contribution in [-0.2, 0) is 11.3 Å². The van der Waals surface area contributed by atoms with E-state index in [0.717, 1.165) is 24.3 Å². The number of carbonyl (C=O) groups is 2. The number of oxazole rings is 1. The van der Waals surface area contributed by atoms with Gasteiger partial charge in [-0.25, -0.2) is 9.78 Å². The molecule has 1 fully saturated rings. The molecule has 0 atom stereocenters. The van der Waals surface area contributed by atoms with E-state index in [4.69, 9.17) is 9.52 Å². The minimum absolute atomic E-state index is 0.161. The molecule has 1 aliphatic carbocycles. The van der Waals surface area contributed by atoms with E-state index in [2.05, 4.69) is 10.3 Å². The number of nitrogens with one attached hydrogen (secondary N) is 1. The largest absolute Gasteiger partial charge is 0.480 e. The summed E-state index contributed by atoms with van der Waals surface area (Å²) in [6.45, 7) is 3.99. The Morgan fingerprint density at radius 1 is 1.45 bits per heavy atom. The Hall–Kier alpha value is -2.05. The molecule has 2 amide bonds. The van der Waals surface area contributed by atoms with Gasteiger partial charge in [0.15, 0.2) is 0 Å². The van der Waals surface area contributed by atoms with E-state index in [1.807, 2.05) is 6.92 Å². The summed E-state index contributed by atoms with van der Waals surface area (Å²) in [6.07, 6.45) is 2.11. The van der Waals surface area contributed by atoms with Crippen LogP contribution in [0.3, 0.4) is 0 Å². The zero-order valence-corrected chi connectivity index (χ0v) is 11.7. The van der Waals surface area contributed by atoms with Crippen LogP contribution in [0, 0.1) is 19.8 Å². The van der Waals surface area contributed by atoms with Crippen LogP contribution >= 0.6 is 0 Å². The molecule has 0 spiro atoms. The summed E-state index contributed by atoms with van der Waals surface area (Å²) < 4.78 is 5.36. The van der Waals surface area contributed by atoms with Crippen LogP contribution in [0.5, 0.6) is 0 Å². The fourth-order valence-corrected chi connectivity index (χ4v) is 1.87. The molecule has 0 aromatic carbocycles. The van der Waals surface area contributed by atoms with Gasteiger partial charge < -0.3 is 19.7 Å². The van der Waals surface area contributed by atoms with Gasteiger partial charge in [-0.3, -0.25) is 4.79 Å². The number of carbonyl (C=O) groups excluding carboxylic acids is 1. The van der Waals surface area contributed by atoms with Crippen LogP contribution in [0.25, 0.3) is 0 Å². The fourth-order valence-electron chi connectivity index (χ4n) is 1.87. The normalized spacial score (nSPS) is 14.1. The average Bonchev–Trinajstić information content (AvgIpc) is 3.12. The molecule has 0 unspecified atom stereocenters. The molecule has 0 aliphatic heterocycles. The second-order valence-electron chi connectivity index (χ2n) is 5.13. The Labute approximate surface area is 117 Å². The molecule has 20 heavy (non-hydrogen) atoms. The topological polar surface area (TPSA) is 95.7 Å². The summed E-state index contributed by atoms with van der Waals surface area (Å²) in [4.78, 5) is 28.3. The number of rotatable bonds is 6. The summed E-state index contributed by atoms with van der Waals surface area (Å²) in [5, 5.41) is 11.5. The van der Waals surface area contributed by atoms with Crippen LogP contribution in [0.1, 0.15) is 30.2 Å². The molecule has 1 aliphatic rings. The highest BCUT2D eigenvalue weighted by atomic mass is 16.4. The third kappa shape index (κ3) is 3.97.